The minimum absolute atomic E-state index is 0.0140. The summed E-state index contributed by atoms with van der Waals surface area (Å²) in [5, 5.41) is 10.8. The Labute approximate surface area is 134 Å². The number of allylic oxidation sites excluding steroid dienone is 1. The van der Waals surface area contributed by atoms with Gasteiger partial charge in [0.2, 0.25) is 0 Å². The van der Waals surface area contributed by atoms with Crippen LogP contribution in [-0.4, -0.2) is 15.9 Å². The molecule has 3 nitrogen and oxygen atoms in total. The molecular formula is C18H16ClNO2. The molecular weight excluding hydrogens is 298 g/mol. The molecule has 2 aromatic rings. The summed E-state index contributed by atoms with van der Waals surface area (Å²) in [4.78, 5) is 16.1. The summed E-state index contributed by atoms with van der Waals surface area (Å²) in [5.41, 5.74) is 2.76. The number of rotatable bonds is 3. The van der Waals surface area contributed by atoms with Gasteiger partial charge in [0.25, 0.3) is 0 Å². The van der Waals surface area contributed by atoms with Crippen LogP contribution in [0.2, 0.25) is 5.15 Å². The molecule has 0 aliphatic heterocycles. The SMILES string of the molecule is O=C1CCCC=C1C(O)c1cc(-c2ccccc2)cnc1Cl. The Balaban J connectivity index is 2.00. The molecule has 0 saturated heterocycles. The van der Waals surface area contributed by atoms with Crippen molar-refractivity contribution in [2.75, 3.05) is 0 Å². The number of halogens is 1. The van der Waals surface area contributed by atoms with E-state index >= 15 is 0 Å². The lowest BCUT2D eigenvalue weighted by atomic mass is 9.90. The van der Waals surface area contributed by atoms with Crippen LogP contribution in [0.4, 0.5) is 0 Å². The first kappa shape index (κ1) is 14.9. The van der Waals surface area contributed by atoms with Gasteiger partial charge in [-0.05, 0) is 24.5 Å². The lowest BCUT2D eigenvalue weighted by Crippen LogP contribution is -2.15. The zero-order chi connectivity index (χ0) is 15.5. The maximum atomic E-state index is 12.0. The first-order valence-electron chi connectivity index (χ1n) is 7.29. The van der Waals surface area contributed by atoms with Crippen molar-refractivity contribution in [1.82, 2.24) is 4.98 Å². The highest BCUT2D eigenvalue weighted by molar-refractivity contribution is 6.30. The van der Waals surface area contributed by atoms with Gasteiger partial charge in [0.05, 0.1) is 0 Å². The smallest absolute Gasteiger partial charge is 0.161 e. The van der Waals surface area contributed by atoms with Crippen LogP contribution in [0, 0.1) is 0 Å². The predicted molar refractivity (Wildman–Crippen MR) is 86.6 cm³/mol. The van der Waals surface area contributed by atoms with Gasteiger partial charge in [-0.3, -0.25) is 4.79 Å². The van der Waals surface area contributed by atoms with Crippen molar-refractivity contribution in [2.45, 2.75) is 25.4 Å². The van der Waals surface area contributed by atoms with Crippen LogP contribution in [-0.2, 0) is 4.79 Å². The van der Waals surface area contributed by atoms with Crippen molar-refractivity contribution >= 4 is 17.4 Å². The number of ketones is 1. The lowest BCUT2D eigenvalue weighted by Gasteiger charge is -2.19. The fraction of sp³-hybridized carbons (Fsp3) is 0.222. The average Bonchev–Trinajstić information content (AvgIpc) is 2.56. The Hall–Kier alpha value is -1.97. The molecule has 1 aliphatic rings. The van der Waals surface area contributed by atoms with Crippen LogP contribution < -0.4 is 0 Å². The fourth-order valence-corrected chi connectivity index (χ4v) is 2.86. The molecule has 1 aromatic carbocycles. The number of carbonyl (C=O) groups excluding carboxylic acids is 1. The summed E-state index contributed by atoms with van der Waals surface area (Å²) in [7, 11) is 0. The van der Waals surface area contributed by atoms with Crippen LogP contribution in [0.5, 0.6) is 0 Å². The zero-order valence-corrected chi connectivity index (χ0v) is 12.8. The number of benzene rings is 1. The molecule has 22 heavy (non-hydrogen) atoms. The van der Waals surface area contributed by atoms with Crippen LogP contribution >= 0.6 is 11.6 Å². The molecule has 0 saturated carbocycles. The van der Waals surface area contributed by atoms with E-state index in [1.165, 1.54) is 0 Å². The van der Waals surface area contributed by atoms with Gasteiger partial charge < -0.3 is 5.11 Å². The van der Waals surface area contributed by atoms with E-state index in [4.69, 9.17) is 11.6 Å². The summed E-state index contributed by atoms with van der Waals surface area (Å²) in [5.74, 6) is -0.0140. The van der Waals surface area contributed by atoms with E-state index in [0.29, 0.717) is 17.6 Å². The minimum atomic E-state index is -1.02. The van der Waals surface area contributed by atoms with Gasteiger partial charge >= 0.3 is 0 Å². The van der Waals surface area contributed by atoms with Crippen molar-refractivity contribution in [3.63, 3.8) is 0 Å². The number of hydrogen-bond acceptors (Lipinski definition) is 3. The predicted octanol–water partition coefficient (Wildman–Crippen LogP) is 4.11. The van der Waals surface area contributed by atoms with Gasteiger partial charge in [0, 0.05) is 29.3 Å². The summed E-state index contributed by atoms with van der Waals surface area (Å²) >= 11 is 6.14. The molecule has 0 bridgehead atoms. The molecule has 1 heterocycles. The normalized spacial score (nSPS) is 16.3. The monoisotopic (exact) mass is 313 g/mol. The molecule has 1 N–H and O–H groups in total. The molecule has 0 fully saturated rings. The van der Waals surface area contributed by atoms with Crippen molar-refractivity contribution in [1.29, 1.82) is 0 Å². The molecule has 0 radical (unpaired) electrons. The number of aromatic nitrogens is 1. The molecule has 1 unspecified atom stereocenters. The molecule has 0 spiro atoms. The molecule has 1 aliphatic carbocycles. The van der Waals surface area contributed by atoms with Crippen LogP contribution in [0.1, 0.15) is 30.9 Å². The third-order valence-corrected chi connectivity index (χ3v) is 4.17. The fourth-order valence-electron chi connectivity index (χ4n) is 2.66. The Kier molecular flexibility index (Phi) is 4.36. The summed E-state index contributed by atoms with van der Waals surface area (Å²) in [6.45, 7) is 0. The maximum Gasteiger partial charge on any atom is 0.161 e. The van der Waals surface area contributed by atoms with Gasteiger partial charge in [-0.1, -0.05) is 48.0 Å². The zero-order valence-electron chi connectivity index (χ0n) is 12.0. The van der Waals surface area contributed by atoms with Gasteiger partial charge in [-0.2, -0.15) is 0 Å². The number of aliphatic hydroxyl groups is 1. The summed E-state index contributed by atoms with van der Waals surface area (Å²) in [6.07, 6.45) is 4.59. The Morgan fingerprint density at radius 3 is 2.68 bits per heavy atom. The summed E-state index contributed by atoms with van der Waals surface area (Å²) < 4.78 is 0. The van der Waals surface area contributed by atoms with Gasteiger partial charge in [-0.25, -0.2) is 4.98 Å². The van der Waals surface area contributed by atoms with Gasteiger partial charge in [0.1, 0.15) is 11.3 Å². The van der Waals surface area contributed by atoms with Crippen molar-refractivity contribution in [3.8, 4) is 11.1 Å². The second-order valence-corrected chi connectivity index (χ2v) is 5.71. The second-order valence-electron chi connectivity index (χ2n) is 5.35. The van der Waals surface area contributed by atoms with Gasteiger partial charge in [0.15, 0.2) is 5.78 Å². The topological polar surface area (TPSA) is 50.2 Å². The maximum absolute atomic E-state index is 12.0. The highest BCUT2D eigenvalue weighted by atomic mass is 35.5. The minimum Gasteiger partial charge on any atom is -0.383 e. The van der Waals surface area contributed by atoms with Crippen molar-refractivity contribution in [2.24, 2.45) is 0 Å². The number of nitrogens with zero attached hydrogens (tertiary/aromatic N) is 1. The first-order valence-corrected chi connectivity index (χ1v) is 7.67. The van der Waals surface area contributed by atoms with E-state index in [1.807, 2.05) is 36.4 Å². The highest BCUT2D eigenvalue weighted by Crippen LogP contribution is 2.33. The molecule has 1 atom stereocenters. The number of carbonyl (C=O) groups is 1. The Bertz CT molecular complexity index is 725. The van der Waals surface area contributed by atoms with E-state index in [1.54, 1.807) is 12.3 Å². The van der Waals surface area contributed by atoms with E-state index in [2.05, 4.69) is 4.98 Å². The van der Waals surface area contributed by atoms with E-state index in [-0.39, 0.29) is 10.9 Å². The molecule has 3 rings (SSSR count). The molecule has 4 heteroatoms. The van der Waals surface area contributed by atoms with Crippen molar-refractivity contribution in [3.05, 3.63) is 65.0 Å². The average molecular weight is 314 g/mol. The lowest BCUT2D eigenvalue weighted by molar-refractivity contribution is -0.117. The number of aliphatic hydroxyl groups excluding tert-OH is 1. The quantitative estimate of drug-likeness (QED) is 0.867. The third kappa shape index (κ3) is 2.96. The van der Waals surface area contributed by atoms with Crippen LogP contribution in [0.25, 0.3) is 11.1 Å². The standard InChI is InChI=1S/C18H16ClNO2/c19-18-15(17(22)14-8-4-5-9-16(14)21)10-13(11-20-18)12-6-2-1-3-7-12/h1-3,6-8,10-11,17,22H,4-5,9H2. The van der Waals surface area contributed by atoms with E-state index < -0.39 is 6.10 Å². The largest absolute Gasteiger partial charge is 0.383 e. The summed E-state index contributed by atoms with van der Waals surface area (Å²) in [6, 6.07) is 11.5. The Morgan fingerprint density at radius 2 is 1.95 bits per heavy atom. The van der Waals surface area contributed by atoms with E-state index in [0.717, 1.165) is 24.0 Å². The highest BCUT2D eigenvalue weighted by Gasteiger charge is 2.24. The number of Topliss-reactive ketones (excluding diaryl/α,β-unsaturated/α-hetero) is 1. The molecule has 112 valence electrons. The third-order valence-electron chi connectivity index (χ3n) is 3.86. The molecule has 0 amide bonds. The van der Waals surface area contributed by atoms with Crippen molar-refractivity contribution < 1.29 is 9.90 Å². The molecule has 1 aromatic heterocycles. The number of hydrogen-bond donors (Lipinski definition) is 1. The van der Waals surface area contributed by atoms with E-state index in [9.17, 15) is 9.90 Å². The first-order chi connectivity index (χ1) is 10.7. The van der Waals surface area contributed by atoms with Gasteiger partial charge in [-0.15, -0.1) is 0 Å². The van der Waals surface area contributed by atoms with Crippen LogP contribution in [0.3, 0.4) is 0 Å². The number of pyridine rings is 1. The second kappa shape index (κ2) is 6.42. The van der Waals surface area contributed by atoms with Crippen LogP contribution in [0.15, 0.2) is 54.2 Å². The Morgan fingerprint density at radius 1 is 1.18 bits per heavy atom.